The third kappa shape index (κ3) is 2.49. The minimum Gasteiger partial charge on any atom is -0.464 e. The lowest BCUT2D eigenvalue weighted by Gasteiger charge is -2.06. The third-order valence-electron chi connectivity index (χ3n) is 2.43. The number of aliphatic hydroxyl groups excluding tert-OH is 1. The number of benzene rings is 1. The Morgan fingerprint density at radius 1 is 1.39 bits per heavy atom. The van der Waals surface area contributed by atoms with Crippen LogP contribution in [0.15, 0.2) is 41.0 Å². The summed E-state index contributed by atoms with van der Waals surface area (Å²) in [5, 5.41) is 22.5. The Morgan fingerprint density at radius 3 is 2.83 bits per heavy atom. The Kier molecular flexibility index (Phi) is 3.59. The van der Waals surface area contributed by atoms with Crippen LogP contribution in [0.2, 0.25) is 0 Å². The molecule has 0 aliphatic heterocycles. The normalized spacial score (nSPS) is 10.3. The van der Waals surface area contributed by atoms with Gasteiger partial charge in [-0.05, 0) is 24.3 Å². The van der Waals surface area contributed by atoms with Crippen molar-refractivity contribution in [3.8, 4) is 11.3 Å². The number of hydrogen-bond acceptors (Lipinski definition) is 5. The van der Waals surface area contributed by atoms with Crippen molar-refractivity contribution in [3.63, 3.8) is 0 Å². The van der Waals surface area contributed by atoms with Gasteiger partial charge in [-0.2, -0.15) is 0 Å². The number of rotatable bonds is 5. The van der Waals surface area contributed by atoms with Crippen molar-refractivity contribution in [2.45, 2.75) is 0 Å². The van der Waals surface area contributed by atoms with E-state index in [2.05, 4.69) is 5.32 Å². The molecule has 0 spiro atoms. The summed E-state index contributed by atoms with van der Waals surface area (Å²) in [4.78, 5) is 10.5. The lowest BCUT2D eigenvalue weighted by molar-refractivity contribution is -0.383. The molecule has 94 valence electrons. The van der Waals surface area contributed by atoms with E-state index in [1.165, 1.54) is 12.3 Å². The van der Waals surface area contributed by atoms with Crippen LogP contribution < -0.4 is 5.32 Å². The highest BCUT2D eigenvalue weighted by Gasteiger charge is 2.15. The molecule has 0 saturated heterocycles. The van der Waals surface area contributed by atoms with Crippen LogP contribution >= 0.6 is 0 Å². The molecule has 0 bridgehead atoms. The quantitative estimate of drug-likeness (QED) is 0.625. The van der Waals surface area contributed by atoms with E-state index in [1.807, 2.05) is 0 Å². The first-order valence-electron chi connectivity index (χ1n) is 5.39. The van der Waals surface area contributed by atoms with E-state index in [1.54, 1.807) is 24.3 Å². The molecule has 0 aliphatic rings. The predicted molar refractivity (Wildman–Crippen MR) is 66.4 cm³/mol. The fraction of sp³-hybridized carbons (Fsp3) is 0.167. The summed E-state index contributed by atoms with van der Waals surface area (Å²) in [6.07, 6.45) is 1.51. The molecule has 0 fully saturated rings. The maximum absolute atomic E-state index is 11.0. The van der Waals surface area contributed by atoms with Crippen LogP contribution in [0, 0.1) is 10.1 Å². The largest absolute Gasteiger partial charge is 0.464 e. The van der Waals surface area contributed by atoms with Crippen molar-refractivity contribution < 1.29 is 14.4 Å². The number of anilines is 1. The Labute approximate surface area is 103 Å². The van der Waals surface area contributed by atoms with Crippen molar-refractivity contribution in [2.75, 3.05) is 18.5 Å². The van der Waals surface area contributed by atoms with Crippen LogP contribution in [-0.2, 0) is 0 Å². The average molecular weight is 248 g/mol. The van der Waals surface area contributed by atoms with Crippen molar-refractivity contribution >= 4 is 11.4 Å². The zero-order chi connectivity index (χ0) is 13.0. The van der Waals surface area contributed by atoms with Crippen molar-refractivity contribution in [1.29, 1.82) is 0 Å². The first-order chi connectivity index (χ1) is 8.72. The van der Waals surface area contributed by atoms with E-state index >= 15 is 0 Å². The third-order valence-corrected chi connectivity index (χ3v) is 2.43. The molecule has 0 unspecified atom stereocenters. The van der Waals surface area contributed by atoms with Crippen molar-refractivity contribution in [3.05, 3.63) is 46.7 Å². The van der Waals surface area contributed by atoms with Gasteiger partial charge in [-0.3, -0.25) is 10.1 Å². The summed E-state index contributed by atoms with van der Waals surface area (Å²) in [7, 11) is 0. The second kappa shape index (κ2) is 5.33. The number of nitro benzene ring substituents is 1. The Morgan fingerprint density at radius 2 is 2.22 bits per heavy atom. The van der Waals surface area contributed by atoms with Gasteiger partial charge in [-0.25, -0.2) is 0 Å². The average Bonchev–Trinajstić information content (AvgIpc) is 2.90. The van der Waals surface area contributed by atoms with Gasteiger partial charge in [0, 0.05) is 18.2 Å². The highest BCUT2D eigenvalue weighted by Crippen LogP contribution is 2.30. The molecular weight excluding hydrogens is 236 g/mol. The van der Waals surface area contributed by atoms with E-state index < -0.39 is 4.92 Å². The zero-order valence-electron chi connectivity index (χ0n) is 9.50. The van der Waals surface area contributed by atoms with Crippen LogP contribution in [0.25, 0.3) is 11.3 Å². The number of hydrogen-bond donors (Lipinski definition) is 2. The molecule has 0 saturated carbocycles. The molecule has 0 radical (unpaired) electrons. The van der Waals surface area contributed by atoms with Crippen molar-refractivity contribution in [2.24, 2.45) is 0 Å². The Hall–Kier alpha value is -2.34. The highest BCUT2D eigenvalue weighted by molar-refractivity contribution is 5.71. The van der Waals surface area contributed by atoms with Gasteiger partial charge in [0.2, 0.25) is 0 Å². The zero-order valence-corrected chi connectivity index (χ0v) is 9.50. The van der Waals surface area contributed by atoms with Gasteiger partial charge in [0.05, 0.1) is 17.8 Å². The second-order valence-electron chi connectivity index (χ2n) is 3.62. The number of nitrogens with one attached hydrogen (secondary N) is 1. The van der Waals surface area contributed by atoms with Gasteiger partial charge in [-0.1, -0.05) is 0 Å². The minimum atomic E-state index is -0.466. The van der Waals surface area contributed by atoms with Crippen LogP contribution in [0.5, 0.6) is 0 Å². The molecule has 0 amide bonds. The molecule has 0 aliphatic carbocycles. The highest BCUT2D eigenvalue weighted by atomic mass is 16.6. The number of nitro groups is 1. The predicted octanol–water partition coefficient (Wildman–Crippen LogP) is 2.26. The molecule has 2 aromatic rings. The second-order valence-corrected chi connectivity index (χ2v) is 3.62. The van der Waals surface area contributed by atoms with Gasteiger partial charge in [-0.15, -0.1) is 0 Å². The summed E-state index contributed by atoms with van der Waals surface area (Å²) in [6, 6.07) is 8.23. The molecule has 2 N–H and O–H groups in total. The SMILES string of the molecule is O=[N+]([O-])c1cc(-c2ccco2)ccc1NCCO. The van der Waals surface area contributed by atoms with Gasteiger partial charge in [0.25, 0.3) is 5.69 Å². The fourth-order valence-corrected chi connectivity index (χ4v) is 1.62. The van der Waals surface area contributed by atoms with Gasteiger partial charge in [0.15, 0.2) is 0 Å². The first kappa shape index (κ1) is 12.1. The number of nitrogens with zero attached hydrogens (tertiary/aromatic N) is 1. The van der Waals surface area contributed by atoms with Crippen LogP contribution in [0.4, 0.5) is 11.4 Å². The Bertz CT molecular complexity index is 537. The van der Waals surface area contributed by atoms with Crippen LogP contribution in [0.3, 0.4) is 0 Å². The maximum atomic E-state index is 11.0. The summed E-state index contributed by atoms with van der Waals surface area (Å²) in [5.74, 6) is 0.576. The molecule has 0 atom stereocenters. The summed E-state index contributed by atoms with van der Waals surface area (Å²) in [6.45, 7) is 0.179. The number of furan rings is 1. The first-order valence-corrected chi connectivity index (χ1v) is 5.39. The summed E-state index contributed by atoms with van der Waals surface area (Å²) < 4.78 is 5.19. The standard InChI is InChI=1S/C12H12N2O4/c15-6-5-13-10-4-3-9(8-11(10)14(16)17)12-2-1-7-18-12/h1-4,7-8,13,15H,5-6H2. The maximum Gasteiger partial charge on any atom is 0.293 e. The minimum absolute atomic E-state index is 0.0441. The lowest BCUT2D eigenvalue weighted by Crippen LogP contribution is -2.07. The van der Waals surface area contributed by atoms with Crippen molar-refractivity contribution in [1.82, 2.24) is 0 Å². The number of aliphatic hydroxyl groups is 1. The topological polar surface area (TPSA) is 88.5 Å². The Balaban J connectivity index is 2.37. The molecule has 18 heavy (non-hydrogen) atoms. The van der Waals surface area contributed by atoms with E-state index in [-0.39, 0.29) is 18.8 Å². The molecule has 6 heteroatoms. The van der Waals surface area contributed by atoms with Gasteiger partial charge < -0.3 is 14.8 Å². The van der Waals surface area contributed by atoms with E-state index in [0.29, 0.717) is 17.0 Å². The van der Waals surface area contributed by atoms with E-state index in [4.69, 9.17) is 9.52 Å². The summed E-state index contributed by atoms with van der Waals surface area (Å²) >= 11 is 0. The van der Waals surface area contributed by atoms with Gasteiger partial charge in [0.1, 0.15) is 11.4 Å². The van der Waals surface area contributed by atoms with Gasteiger partial charge >= 0.3 is 0 Å². The molecule has 2 rings (SSSR count). The molecule has 1 aromatic heterocycles. The van der Waals surface area contributed by atoms with Crippen LogP contribution in [0.1, 0.15) is 0 Å². The molecule has 1 aromatic carbocycles. The fourth-order valence-electron chi connectivity index (χ4n) is 1.62. The molecule has 1 heterocycles. The van der Waals surface area contributed by atoms with E-state index in [9.17, 15) is 10.1 Å². The molecular formula is C12H12N2O4. The lowest BCUT2D eigenvalue weighted by atomic mass is 10.1. The molecule has 6 nitrogen and oxygen atoms in total. The van der Waals surface area contributed by atoms with E-state index in [0.717, 1.165) is 0 Å². The van der Waals surface area contributed by atoms with Crippen LogP contribution in [-0.4, -0.2) is 23.2 Å². The smallest absolute Gasteiger partial charge is 0.293 e. The summed E-state index contributed by atoms with van der Waals surface area (Å²) in [5.41, 5.74) is 0.975. The monoisotopic (exact) mass is 248 g/mol.